The summed E-state index contributed by atoms with van der Waals surface area (Å²) in [6.07, 6.45) is 1.08. The summed E-state index contributed by atoms with van der Waals surface area (Å²) in [5.74, 6) is -0.772. The normalized spacial score (nSPS) is 23.1. The summed E-state index contributed by atoms with van der Waals surface area (Å²) in [5.41, 5.74) is 0.0604. The molecule has 0 bridgehead atoms. The predicted octanol–water partition coefficient (Wildman–Crippen LogP) is 7.15. The van der Waals surface area contributed by atoms with E-state index in [2.05, 4.69) is 25.4 Å². The van der Waals surface area contributed by atoms with E-state index >= 15 is 0 Å². The summed E-state index contributed by atoms with van der Waals surface area (Å²) < 4.78 is 63.1. The SMILES string of the molecule is O=C(O)CCNC(=O)c1ccc(C(NC(=O)Nc2ccc3c(c2)C(F)(F)OC(F)(F)O3)C2CCC(C3CCCCC3)CC2)cc1. The van der Waals surface area contributed by atoms with Gasteiger partial charge in [-0.15, -0.1) is 8.78 Å². The van der Waals surface area contributed by atoms with Crippen molar-refractivity contribution in [1.29, 1.82) is 0 Å². The zero-order valence-electron chi connectivity index (χ0n) is 24.6. The first-order valence-electron chi connectivity index (χ1n) is 15.4. The maximum atomic E-state index is 14.3. The molecule has 0 radical (unpaired) electrons. The second-order valence-corrected chi connectivity index (χ2v) is 12.1. The lowest BCUT2D eigenvalue weighted by Crippen LogP contribution is -2.41. The summed E-state index contributed by atoms with van der Waals surface area (Å²) >= 11 is 0. The third kappa shape index (κ3) is 8.24. The number of nitrogens with one attached hydrogen (secondary N) is 3. The topological polar surface area (TPSA) is 126 Å². The number of alkyl halides is 4. The number of aliphatic carboxylic acids is 1. The quantitative estimate of drug-likeness (QED) is 0.217. The van der Waals surface area contributed by atoms with Crippen LogP contribution in [0.4, 0.5) is 28.0 Å². The number of carboxylic acids is 1. The van der Waals surface area contributed by atoms with Gasteiger partial charge in [0.05, 0.1) is 18.0 Å². The molecule has 3 amide bonds. The molecule has 2 aromatic rings. The zero-order valence-corrected chi connectivity index (χ0v) is 24.6. The van der Waals surface area contributed by atoms with Crippen molar-refractivity contribution in [3.63, 3.8) is 0 Å². The van der Waals surface area contributed by atoms with Crippen molar-refractivity contribution in [2.45, 2.75) is 82.7 Å². The van der Waals surface area contributed by atoms with Gasteiger partial charge in [-0.05, 0) is 79.3 Å². The Hall–Kier alpha value is -3.87. The molecule has 3 aliphatic rings. The average molecular weight is 636 g/mol. The second kappa shape index (κ2) is 13.6. The van der Waals surface area contributed by atoms with Gasteiger partial charge in [0, 0.05) is 17.8 Å². The highest BCUT2D eigenvalue weighted by molar-refractivity contribution is 5.94. The standard InChI is InChI=1S/C32H37F4N3O6/c33-31(34)25-18-24(14-15-26(25)44-32(35,36)45-31)38-30(43)39-28(21-8-6-20(7-9-21)19-4-2-1-3-5-19)22-10-12-23(13-11-22)29(42)37-17-16-27(40)41/h10-15,18-21,28H,1-9,16-17H2,(H,37,42)(H,40,41)(H2,38,39,43). The van der Waals surface area contributed by atoms with Crippen LogP contribution in [0.5, 0.6) is 5.75 Å². The lowest BCUT2D eigenvalue weighted by atomic mass is 9.69. The van der Waals surface area contributed by atoms with Crippen molar-refractivity contribution in [1.82, 2.24) is 10.6 Å². The van der Waals surface area contributed by atoms with E-state index in [0.717, 1.165) is 49.3 Å². The van der Waals surface area contributed by atoms with Crippen LogP contribution in [0.1, 0.15) is 91.7 Å². The molecule has 2 aliphatic carbocycles. The molecule has 45 heavy (non-hydrogen) atoms. The summed E-state index contributed by atoms with van der Waals surface area (Å²) in [4.78, 5) is 36.4. The van der Waals surface area contributed by atoms with Gasteiger partial charge in [-0.2, -0.15) is 8.78 Å². The molecule has 244 valence electrons. The maximum absolute atomic E-state index is 14.3. The van der Waals surface area contributed by atoms with Crippen LogP contribution in [0, 0.1) is 17.8 Å². The van der Waals surface area contributed by atoms with E-state index in [4.69, 9.17) is 5.11 Å². The first kappa shape index (κ1) is 32.5. The number of halogens is 4. The van der Waals surface area contributed by atoms with Crippen molar-refractivity contribution in [3.8, 4) is 5.75 Å². The Balaban J connectivity index is 1.30. The Labute approximate surface area is 258 Å². The molecule has 1 atom stereocenters. The minimum Gasteiger partial charge on any atom is -0.481 e. The summed E-state index contributed by atoms with van der Waals surface area (Å²) in [5, 5.41) is 16.9. The molecule has 5 rings (SSSR count). The lowest BCUT2D eigenvalue weighted by molar-refractivity contribution is -0.461. The van der Waals surface area contributed by atoms with Gasteiger partial charge in [0.15, 0.2) is 0 Å². The fraction of sp³-hybridized carbons (Fsp3) is 0.531. The van der Waals surface area contributed by atoms with Crippen LogP contribution >= 0.6 is 0 Å². The van der Waals surface area contributed by atoms with Crippen molar-refractivity contribution < 1.29 is 46.5 Å². The first-order valence-corrected chi connectivity index (χ1v) is 15.4. The van der Waals surface area contributed by atoms with Crippen molar-refractivity contribution >= 4 is 23.6 Å². The van der Waals surface area contributed by atoms with Gasteiger partial charge in [0.25, 0.3) is 5.91 Å². The molecule has 1 aliphatic heterocycles. The average Bonchev–Trinajstić information content (AvgIpc) is 3.00. The van der Waals surface area contributed by atoms with Gasteiger partial charge in [-0.3, -0.25) is 9.59 Å². The minimum atomic E-state index is -4.50. The van der Waals surface area contributed by atoms with E-state index in [-0.39, 0.29) is 24.6 Å². The molecular weight excluding hydrogens is 598 g/mol. The molecule has 13 heteroatoms. The molecule has 1 heterocycles. The van der Waals surface area contributed by atoms with E-state index in [1.165, 1.54) is 38.2 Å². The monoisotopic (exact) mass is 635 g/mol. The van der Waals surface area contributed by atoms with Gasteiger partial charge in [-0.1, -0.05) is 44.2 Å². The Kier molecular flexibility index (Phi) is 9.85. The van der Waals surface area contributed by atoms with Gasteiger partial charge >= 0.3 is 24.4 Å². The third-order valence-corrected chi connectivity index (χ3v) is 9.07. The molecule has 2 aromatic carbocycles. The smallest absolute Gasteiger partial charge is 0.481 e. The third-order valence-electron chi connectivity index (χ3n) is 9.07. The van der Waals surface area contributed by atoms with E-state index in [1.807, 2.05) is 0 Å². The van der Waals surface area contributed by atoms with Crippen molar-refractivity contribution in [2.75, 3.05) is 11.9 Å². The molecule has 0 spiro atoms. The number of ether oxygens (including phenoxy) is 2. The van der Waals surface area contributed by atoms with Crippen molar-refractivity contribution in [3.05, 3.63) is 59.2 Å². The number of urea groups is 1. The molecular formula is C32H37F4N3O6. The number of carbonyl (C=O) groups excluding carboxylic acids is 2. The fourth-order valence-corrected chi connectivity index (χ4v) is 6.84. The number of hydrogen-bond acceptors (Lipinski definition) is 5. The number of carbonyl (C=O) groups is 3. The molecule has 9 nitrogen and oxygen atoms in total. The predicted molar refractivity (Wildman–Crippen MR) is 155 cm³/mol. The van der Waals surface area contributed by atoms with E-state index in [1.54, 1.807) is 24.3 Å². The second-order valence-electron chi connectivity index (χ2n) is 12.1. The van der Waals surface area contributed by atoms with E-state index < -0.39 is 47.7 Å². The summed E-state index contributed by atoms with van der Waals surface area (Å²) in [7, 11) is 0. The number of carboxylic acid groups (broad SMARTS) is 1. The highest BCUT2D eigenvalue weighted by Crippen LogP contribution is 2.47. The number of benzene rings is 2. The summed E-state index contributed by atoms with van der Waals surface area (Å²) in [6.45, 7) is -0.0141. The van der Waals surface area contributed by atoms with E-state index in [0.29, 0.717) is 11.5 Å². The maximum Gasteiger partial charge on any atom is 0.540 e. The Morgan fingerprint density at radius 1 is 0.889 bits per heavy atom. The number of fused-ring (bicyclic) bond motifs is 1. The Morgan fingerprint density at radius 3 is 2.22 bits per heavy atom. The van der Waals surface area contributed by atoms with Gasteiger partial charge in [-0.25, -0.2) is 9.53 Å². The molecule has 4 N–H and O–H groups in total. The number of rotatable bonds is 9. The number of amides is 3. The van der Waals surface area contributed by atoms with Crippen LogP contribution in [-0.4, -0.2) is 35.9 Å². The Morgan fingerprint density at radius 2 is 1.56 bits per heavy atom. The largest absolute Gasteiger partial charge is 0.540 e. The molecule has 2 fully saturated rings. The van der Waals surface area contributed by atoms with Crippen LogP contribution in [0.2, 0.25) is 0 Å². The van der Waals surface area contributed by atoms with Gasteiger partial charge in [0.1, 0.15) is 5.75 Å². The number of hydrogen-bond donors (Lipinski definition) is 4. The zero-order chi connectivity index (χ0) is 32.2. The van der Waals surface area contributed by atoms with E-state index in [9.17, 15) is 31.9 Å². The highest BCUT2D eigenvalue weighted by Gasteiger charge is 2.54. The molecule has 2 saturated carbocycles. The van der Waals surface area contributed by atoms with Crippen LogP contribution in [0.25, 0.3) is 0 Å². The minimum absolute atomic E-state index is 0.0141. The van der Waals surface area contributed by atoms with Crippen LogP contribution in [-0.2, 0) is 15.6 Å². The van der Waals surface area contributed by atoms with Gasteiger partial charge < -0.3 is 25.8 Å². The van der Waals surface area contributed by atoms with Crippen LogP contribution in [0.15, 0.2) is 42.5 Å². The number of anilines is 1. The Bertz CT molecular complexity index is 1380. The van der Waals surface area contributed by atoms with Crippen LogP contribution in [0.3, 0.4) is 0 Å². The van der Waals surface area contributed by atoms with Gasteiger partial charge in [0.2, 0.25) is 0 Å². The summed E-state index contributed by atoms with van der Waals surface area (Å²) in [6, 6.07) is 8.45. The highest BCUT2D eigenvalue weighted by atomic mass is 19.3. The molecule has 1 unspecified atom stereocenters. The van der Waals surface area contributed by atoms with Crippen LogP contribution < -0.4 is 20.7 Å². The molecule has 0 aromatic heterocycles. The van der Waals surface area contributed by atoms with Crippen molar-refractivity contribution in [2.24, 2.45) is 17.8 Å². The lowest BCUT2D eigenvalue weighted by Gasteiger charge is -2.39. The molecule has 0 saturated heterocycles. The fourth-order valence-electron chi connectivity index (χ4n) is 6.84. The first-order chi connectivity index (χ1) is 21.4.